The number of rotatable bonds is 6. The molecule has 0 bridgehead atoms. The van der Waals surface area contributed by atoms with Crippen LogP contribution in [0.1, 0.15) is 65.0 Å². The van der Waals surface area contributed by atoms with Crippen LogP contribution in [0.15, 0.2) is 23.0 Å². The maximum Gasteiger partial charge on any atom is 0.335 e. The van der Waals surface area contributed by atoms with Gasteiger partial charge in [-0.25, -0.2) is 4.79 Å². The molecule has 4 N–H and O–H groups in total. The molecule has 1 spiro atoms. The molecule has 9 atom stereocenters. The molecule has 5 rings (SSSR count). The van der Waals surface area contributed by atoms with Crippen molar-refractivity contribution in [1.29, 1.82) is 0 Å². The quantitative estimate of drug-likeness (QED) is 0.420. The number of carboxylic acid groups (broad SMARTS) is 2. The molecule has 2 aliphatic heterocycles. The van der Waals surface area contributed by atoms with Gasteiger partial charge in [0.15, 0.2) is 6.10 Å². The Morgan fingerprint density at radius 3 is 2.36 bits per heavy atom. The molecule has 1 unspecified atom stereocenters. The summed E-state index contributed by atoms with van der Waals surface area (Å²) in [6.07, 6.45) is -0.348. The number of aliphatic carboxylic acids is 2. The SMILES string of the molecule is CC1(C)O[C@@H](CC(=O)O)[C@]2(CO)C3CC[C@@](C)([C@@H](O)c4ccoc4)[C@@]4(O[C@@H]4C(=O)O)[C@]3(C)C(=O)C[C@@H]12. The van der Waals surface area contributed by atoms with Gasteiger partial charge < -0.3 is 34.3 Å². The second kappa shape index (κ2) is 7.63. The van der Waals surface area contributed by atoms with E-state index in [-0.39, 0.29) is 25.0 Å². The van der Waals surface area contributed by atoms with E-state index < -0.39 is 76.1 Å². The summed E-state index contributed by atoms with van der Waals surface area (Å²) in [5, 5.41) is 42.2. The van der Waals surface area contributed by atoms with Crippen molar-refractivity contribution < 1.29 is 48.7 Å². The van der Waals surface area contributed by atoms with Crippen LogP contribution in [0, 0.1) is 28.1 Å². The molecule has 10 heteroatoms. The van der Waals surface area contributed by atoms with Gasteiger partial charge in [0.2, 0.25) is 0 Å². The summed E-state index contributed by atoms with van der Waals surface area (Å²) in [7, 11) is 0. The summed E-state index contributed by atoms with van der Waals surface area (Å²) in [5.74, 6) is -3.63. The minimum absolute atomic E-state index is 0.0218. The van der Waals surface area contributed by atoms with Gasteiger partial charge >= 0.3 is 11.9 Å². The maximum atomic E-state index is 14.2. The van der Waals surface area contributed by atoms with Crippen molar-refractivity contribution in [3.63, 3.8) is 0 Å². The predicted molar refractivity (Wildman–Crippen MR) is 122 cm³/mol. The number of Topliss-reactive ketones (excluding diaryl/α,β-unsaturated/α-hetero) is 1. The Morgan fingerprint density at radius 1 is 1.14 bits per heavy atom. The van der Waals surface area contributed by atoms with Crippen LogP contribution in [-0.4, -0.2) is 68.2 Å². The van der Waals surface area contributed by atoms with Crippen molar-refractivity contribution in [1.82, 2.24) is 0 Å². The number of epoxide rings is 1. The van der Waals surface area contributed by atoms with Crippen molar-refractivity contribution in [3.8, 4) is 0 Å². The molecule has 2 aliphatic carbocycles. The number of fused-ring (bicyclic) bond motifs is 4. The lowest BCUT2D eigenvalue weighted by atomic mass is 9.37. The molecular formula is C26H34O10. The van der Waals surface area contributed by atoms with Gasteiger partial charge in [-0.05, 0) is 45.6 Å². The van der Waals surface area contributed by atoms with Gasteiger partial charge in [0.25, 0.3) is 0 Å². The van der Waals surface area contributed by atoms with Crippen molar-refractivity contribution in [2.75, 3.05) is 6.61 Å². The van der Waals surface area contributed by atoms with Gasteiger partial charge in [0.05, 0.1) is 48.8 Å². The van der Waals surface area contributed by atoms with E-state index in [1.54, 1.807) is 33.8 Å². The number of hydrogen-bond donors (Lipinski definition) is 4. The number of carbonyl (C=O) groups is 3. The van der Waals surface area contributed by atoms with Gasteiger partial charge in [0, 0.05) is 28.7 Å². The second-order valence-corrected chi connectivity index (χ2v) is 12.0. The van der Waals surface area contributed by atoms with Gasteiger partial charge in [0.1, 0.15) is 11.4 Å². The van der Waals surface area contributed by atoms with E-state index in [0.717, 1.165) is 0 Å². The summed E-state index contributed by atoms with van der Waals surface area (Å²) in [4.78, 5) is 38.4. The number of carbonyl (C=O) groups excluding carboxylic acids is 1. The Kier molecular flexibility index (Phi) is 5.38. The molecule has 0 radical (unpaired) electrons. The molecule has 36 heavy (non-hydrogen) atoms. The van der Waals surface area contributed by atoms with Crippen LogP contribution in [-0.2, 0) is 23.9 Å². The smallest absolute Gasteiger partial charge is 0.335 e. The lowest BCUT2D eigenvalue weighted by Gasteiger charge is -2.63. The van der Waals surface area contributed by atoms with Crippen molar-refractivity contribution >= 4 is 17.7 Å². The first-order valence-corrected chi connectivity index (χ1v) is 12.4. The Hall–Kier alpha value is -2.27. The van der Waals surface area contributed by atoms with Crippen LogP contribution in [0.3, 0.4) is 0 Å². The zero-order valence-electron chi connectivity index (χ0n) is 20.9. The van der Waals surface area contributed by atoms with E-state index in [4.69, 9.17) is 13.9 Å². The zero-order chi connectivity index (χ0) is 26.5. The number of aliphatic hydroxyl groups is 2. The molecule has 4 fully saturated rings. The van der Waals surface area contributed by atoms with E-state index in [1.807, 2.05) is 0 Å². The first kappa shape index (κ1) is 25.4. The van der Waals surface area contributed by atoms with Gasteiger partial charge in [-0.1, -0.05) is 6.92 Å². The fraction of sp³-hybridized carbons (Fsp3) is 0.731. The molecular weight excluding hydrogens is 472 g/mol. The highest BCUT2D eigenvalue weighted by Crippen LogP contribution is 2.77. The number of furan rings is 1. The molecule has 1 aromatic heterocycles. The van der Waals surface area contributed by atoms with Crippen molar-refractivity contribution in [3.05, 3.63) is 24.2 Å². The Morgan fingerprint density at radius 2 is 1.83 bits per heavy atom. The lowest BCUT2D eigenvalue weighted by molar-refractivity contribution is -0.206. The minimum atomic E-state index is -1.57. The molecule has 198 valence electrons. The number of carboxylic acids is 2. The van der Waals surface area contributed by atoms with Crippen LogP contribution in [0.25, 0.3) is 0 Å². The topological polar surface area (TPSA) is 167 Å². The maximum absolute atomic E-state index is 14.2. The van der Waals surface area contributed by atoms with Crippen molar-refractivity contribution in [2.45, 2.75) is 82.9 Å². The average molecular weight is 507 g/mol. The van der Waals surface area contributed by atoms with Crippen LogP contribution in [0.5, 0.6) is 0 Å². The summed E-state index contributed by atoms with van der Waals surface area (Å²) in [5.41, 5.74) is -5.70. The van der Waals surface area contributed by atoms with E-state index in [2.05, 4.69) is 0 Å². The molecule has 2 saturated carbocycles. The summed E-state index contributed by atoms with van der Waals surface area (Å²) >= 11 is 0. The molecule has 0 aromatic carbocycles. The average Bonchev–Trinajstić information content (AvgIpc) is 3.27. The summed E-state index contributed by atoms with van der Waals surface area (Å²) < 4.78 is 17.5. The van der Waals surface area contributed by atoms with E-state index in [9.17, 15) is 34.8 Å². The van der Waals surface area contributed by atoms with Crippen LogP contribution in [0.4, 0.5) is 0 Å². The normalized spacial score (nSPS) is 45.7. The third-order valence-electron chi connectivity index (χ3n) is 10.4. The first-order chi connectivity index (χ1) is 16.7. The number of ether oxygens (including phenoxy) is 2. The van der Waals surface area contributed by atoms with Gasteiger partial charge in [-0.2, -0.15) is 0 Å². The fourth-order valence-electron chi connectivity index (χ4n) is 8.76. The minimum Gasteiger partial charge on any atom is -0.481 e. The Labute approximate surface area is 208 Å². The molecule has 1 aromatic rings. The molecule has 3 heterocycles. The van der Waals surface area contributed by atoms with E-state index >= 15 is 0 Å². The Bertz CT molecular complexity index is 1100. The summed E-state index contributed by atoms with van der Waals surface area (Å²) in [6, 6.07) is 1.60. The highest BCUT2D eigenvalue weighted by atomic mass is 16.6. The van der Waals surface area contributed by atoms with Crippen LogP contribution < -0.4 is 0 Å². The highest BCUT2D eigenvalue weighted by molar-refractivity contribution is 5.92. The fourth-order valence-corrected chi connectivity index (χ4v) is 8.76. The zero-order valence-corrected chi connectivity index (χ0v) is 20.9. The van der Waals surface area contributed by atoms with E-state index in [1.165, 1.54) is 12.5 Å². The van der Waals surface area contributed by atoms with E-state index in [0.29, 0.717) is 12.0 Å². The number of ketones is 1. The molecule has 2 saturated heterocycles. The number of aliphatic hydroxyl groups excluding tert-OH is 2. The van der Waals surface area contributed by atoms with Gasteiger partial charge in [-0.15, -0.1) is 0 Å². The third kappa shape index (κ3) is 2.78. The standard InChI is InChI=1S/C26H34O10/c1-22(2)15-9-16(28)24(4)14(25(15,12-27)17(35-22)10-18(29)30)5-7-23(3,19(31)13-6-8-34-11-13)26(24)20(36-26)21(32)33/h6,8,11,14-15,17,19-20,27,31H,5,7,9-10,12H2,1-4H3,(H,29,30)(H,32,33)/t14?,15-,17-,19-,20+,23-,24-,25+,26+/m0/s1. The summed E-state index contributed by atoms with van der Waals surface area (Å²) in [6.45, 7) is 6.61. The molecule has 10 nitrogen and oxygen atoms in total. The highest BCUT2D eigenvalue weighted by Gasteiger charge is 2.87. The first-order valence-electron chi connectivity index (χ1n) is 12.4. The monoisotopic (exact) mass is 506 g/mol. The molecule has 0 amide bonds. The largest absolute Gasteiger partial charge is 0.481 e. The molecule has 4 aliphatic rings. The van der Waals surface area contributed by atoms with Crippen LogP contribution >= 0.6 is 0 Å². The third-order valence-corrected chi connectivity index (χ3v) is 10.4. The van der Waals surface area contributed by atoms with Gasteiger partial charge in [-0.3, -0.25) is 9.59 Å². The van der Waals surface area contributed by atoms with Crippen LogP contribution in [0.2, 0.25) is 0 Å². The van der Waals surface area contributed by atoms with Crippen molar-refractivity contribution in [2.24, 2.45) is 28.1 Å². The predicted octanol–water partition coefficient (Wildman–Crippen LogP) is 2.18. The lowest BCUT2D eigenvalue weighted by Crippen LogP contribution is -2.71. The second-order valence-electron chi connectivity index (χ2n) is 12.0. The number of hydrogen-bond acceptors (Lipinski definition) is 8. The Balaban J connectivity index is 1.70.